The first kappa shape index (κ1) is 24.9. The fourth-order valence-electron chi connectivity index (χ4n) is 3.44. The van der Waals surface area contributed by atoms with Crippen molar-refractivity contribution in [3.05, 3.63) is 52.4 Å². The van der Waals surface area contributed by atoms with Crippen LogP contribution < -0.4 is 5.32 Å². The van der Waals surface area contributed by atoms with E-state index in [1.54, 1.807) is 6.07 Å². The van der Waals surface area contributed by atoms with E-state index in [4.69, 9.17) is 4.74 Å². The van der Waals surface area contributed by atoms with Crippen molar-refractivity contribution in [1.29, 1.82) is 0 Å². The summed E-state index contributed by atoms with van der Waals surface area (Å²) >= 11 is 1.33. The largest absolute Gasteiger partial charge is 0.478 e. The monoisotopic (exact) mass is 445 g/mol. The third-order valence-corrected chi connectivity index (χ3v) is 6.30. The van der Waals surface area contributed by atoms with Gasteiger partial charge in [0, 0.05) is 4.88 Å². The van der Waals surface area contributed by atoms with E-state index in [9.17, 15) is 14.7 Å². The Kier molecular flexibility index (Phi) is 11.8. The van der Waals surface area contributed by atoms with E-state index in [1.165, 1.54) is 36.2 Å². The van der Waals surface area contributed by atoms with Crippen LogP contribution in [0.5, 0.6) is 0 Å². The van der Waals surface area contributed by atoms with Crippen molar-refractivity contribution in [2.75, 3.05) is 11.9 Å². The molecule has 2 aromatic rings. The third kappa shape index (κ3) is 10.0. The molecule has 1 aromatic heterocycles. The van der Waals surface area contributed by atoms with Crippen LogP contribution in [0.3, 0.4) is 0 Å². The Bertz CT molecular complexity index is 788. The summed E-state index contributed by atoms with van der Waals surface area (Å²) in [5, 5.41) is 12.4. The van der Waals surface area contributed by atoms with Gasteiger partial charge < -0.3 is 9.84 Å². The number of benzene rings is 1. The molecule has 2 rings (SSSR count). The highest BCUT2D eigenvalue weighted by Gasteiger charge is 2.17. The number of hydrogen-bond donors (Lipinski definition) is 2. The molecule has 0 unspecified atom stereocenters. The van der Waals surface area contributed by atoms with Gasteiger partial charge in [0.15, 0.2) is 0 Å². The standard InChI is InChI=1S/C25H35NO4S/c1-2-3-4-5-6-13-18-30-25(29)26-23-22(24(27)28)19-21(31-23)17-12-8-11-16-20-14-9-7-10-15-20/h7,9-10,14-15,19H,2-6,8,11-13,16-18H2,1H3,(H,26,29)(H,27,28). The first-order chi connectivity index (χ1) is 15.1. The Morgan fingerprint density at radius 3 is 2.35 bits per heavy atom. The van der Waals surface area contributed by atoms with E-state index in [1.807, 2.05) is 6.07 Å². The molecule has 1 heterocycles. The maximum atomic E-state index is 12.0. The van der Waals surface area contributed by atoms with Gasteiger partial charge in [0.25, 0.3) is 0 Å². The maximum Gasteiger partial charge on any atom is 0.412 e. The average molecular weight is 446 g/mol. The molecule has 0 bridgehead atoms. The topological polar surface area (TPSA) is 75.6 Å². The van der Waals surface area contributed by atoms with Gasteiger partial charge in [0.2, 0.25) is 0 Å². The molecule has 0 spiro atoms. The number of unbranched alkanes of at least 4 members (excludes halogenated alkanes) is 7. The minimum absolute atomic E-state index is 0.140. The normalized spacial score (nSPS) is 10.7. The Morgan fingerprint density at radius 2 is 1.61 bits per heavy atom. The third-order valence-electron chi connectivity index (χ3n) is 5.19. The lowest BCUT2D eigenvalue weighted by molar-refractivity contribution is 0.0698. The molecule has 0 atom stereocenters. The molecule has 0 saturated heterocycles. The summed E-state index contributed by atoms with van der Waals surface area (Å²) in [5.74, 6) is -1.03. The number of rotatable bonds is 15. The number of carbonyl (C=O) groups is 2. The van der Waals surface area contributed by atoms with E-state index in [0.717, 1.165) is 56.2 Å². The molecule has 0 fully saturated rings. The van der Waals surface area contributed by atoms with Crippen LogP contribution in [0.15, 0.2) is 36.4 Å². The van der Waals surface area contributed by atoms with Gasteiger partial charge >= 0.3 is 12.1 Å². The molecular weight excluding hydrogens is 410 g/mol. The van der Waals surface area contributed by atoms with Crippen molar-refractivity contribution in [2.24, 2.45) is 0 Å². The lowest BCUT2D eigenvalue weighted by Gasteiger charge is -2.06. The van der Waals surface area contributed by atoms with Crippen molar-refractivity contribution in [2.45, 2.75) is 77.6 Å². The smallest absolute Gasteiger partial charge is 0.412 e. The molecule has 0 radical (unpaired) electrons. The minimum Gasteiger partial charge on any atom is -0.478 e. The fraction of sp³-hybridized carbons (Fsp3) is 0.520. The molecule has 1 amide bonds. The predicted molar refractivity (Wildman–Crippen MR) is 127 cm³/mol. The number of aromatic carboxylic acids is 1. The van der Waals surface area contributed by atoms with Gasteiger partial charge in [0.05, 0.1) is 12.2 Å². The molecule has 6 heteroatoms. The number of carboxylic acids is 1. The Hall–Kier alpha value is -2.34. The van der Waals surface area contributed by atoms with Crippen molar-refractivity contribution < 1.29 is 19.4 Å². The van der Waals surface area contributed by atoms with Crippen molar-refractivity contribution in [3.63, 3.8) is 0 Å². The summed E-state index contributed by atoms with van der Waals surface area (Å²) in [6, 6.07) is 12.1. The number of anilines is 1. The maximum absolute atomic E-state index is 12.0. The minimum atomic E-state index is -1.03. The molecular formula is C25H35NO4S. The van der Waals surface area contributed by atoms with E-state index < -0.39 is 12.1 Å². The van der Waals surface area contributed by atoms with Gasteiger partial charge in [-0.2, -0.15) is 0 Å². The highest BCUT2D eigenvalue weighted by molar-refractivity contribution is 7.16. The number of aryl methyl sites for hydroxylation is 2. The summed E-state index contributed by atoms with van der Waals surface area (Å²) in [6.45, 7) is 2.54. The molecule has 5 nitrogen and oxygen atoms in total. The Balaban J connectivity index is 1.71. The van der Waals surface area contributed by atoms with E-state index in [2.05, 4.69) is 36.5 Å². The summed E-state index contributed by atoms with van der Waals surface area (Å²) in [4.78, 5) is 24.6. The van der Waals surface area contributed by atoms with Gasteiger partial charge in [-0.3, -0.25) is 5.32 Å². The van der Waals surface area contributed by atoms with E-state index in [-0.39, 0.29) is 5.56 Å². The number of carbonyl (C=O) groups excluding carboxylic acids is 1. The van der Waals surface area contributed by atoms with E-state index >= 15 is 0 Å². The van der Waals surface area contributed by atoms with E-state index in [0.29, 0.717) is 11.6 Å². The van der Waals surface area contributed by atoms with Gasteiger partial charge in [-0.15, -0.1) is 11.3 Å². The SMILES string of the molecule is CCCCCCCCOC(=O)Nc1sc(CCCCCc2ccccc2)cc1C(=O)O. The highest BCUT2D eigenvalue weighted by atomic mass is 32.1. The predicted octanol–water partition coefficient (Wildman–Crippen LogP) is 7.31. The second kappa shape index (κ2) is 14.6. The molecule has 0 saturated carbocycles. The zero-order valence-electron chi connectivity index (χ0n) is 18.5. The van der Waals surface area contributed by atoms with Crippen LogP contribution in [-0.4, -0.2) is 23.8 Å². The zero-order chi connectivity index (χ0) is 22.3. The fourth-order valence-corrected chi connectivity index (χ4v) is 4.52. The Labute approximate surface area is 189 Å². The zero-order valence-corrected chi connectivity index (χ0v) is 19.3. The summed E-state index contributed by atoms with van der Waals surface area (Å²) < 4.78 is 5.22. The van der Waals surface area contributed by atoms with Crippen LogP contribution in [0.25, 0.3) is 0 Å². The van der Waals surface area contributed by atoms with Crippen LogP contribution >= 0.6 is 11.3 Å². The van der Waals surface area contributed by atoms with Crippen LogP contribution in [0.4, 0.5) is 9.80 Å². The Morgan fingerprint density at radius 1 is 0.935 bits per heavy atom. The summed E-state index contributed by atoms with van der Waals surface area (Å²) in [5.41, 5.74) is 1.48. The van der Waals surface area contributed by atoms with Crippen LogP contribution in [-0.2, 0) is 17.6 Å². The molecule has 31 heavy (non-hydrogen) atoms. The highest BCUT2D eigenvalue weighted by Crippen LogP contribution is 2.30. The number of amides is 1. The van der Waals surface area contributed by atoms with Crippen LogP contribution in [0.1, 0.15) is 85.5 Å². The van der Waals surface area contributed by atoms with Gasteiger partial charge in [-0.05, 0) is 43.7 Å². The van der Waals surface area contributed by atoms with Crippen LogP contribution in [0, 0.1) is 0 Å². The van der Waals surface area contributed by atoms with Gasteiger partial charge in [-0.25, -0.2) is 9.59 Å². The van der Waals surface area contributed by atoms with Crippen molar-refractivity contribution in [1.82, 2.24) is 0 Å². The summed E-state index contributed by atoms with van der Waals surface area (Å²) in [6.07, 6.45) is 11.2. The first-order valence-corrected chi connectivity index (χ1v) is 12.3. The van der Waals surface area contributed by atoms with Gasteiger partial charge in [-0.1, -0.05) is 75.8 Å². The second-order valence-electron chi connectivity index (χ2n) is 7.84. The number of carboxylic acid groups (broad SMARTS) is 1. The van der Waals surface area contributed by atoms with Crippen molar-refractivity contribution in [3.8, 4) is 0 Å². The van der Waals surface area contributed by atoms with Crippen molar-refractivity contribution >= 4 is 28.4 Å². The molecule has 170 valence electrons. The first-order valence-electron chi connectivity index (χ1n) is 11.4. The number of ether oxygens (including phenoxy) is 1. The average Bonchev–Trinajstić information content (AvgIpc) is 3.16. The molecule has 0 aliphatic rings. The second-order valence-corrected chi connectivity index (χ2v) is 8.97. The lowest BCUT2D eigenvalue weighted by Crippen LogP contribution is -2.15. The molecule has 2 N–H and O–H groups in total. The quantitative estimate of drug-likeness (QED) is 0.282. The van der Waals surface area contributed by atoms with Crippen LogP contribution in [0.2, 0.25) is 0 Å². The lowest BCUT2D eigenvalue weighted by atomic mass is 10.1. The summed E-state index contributed by atoms with van der Waals surface area (Å²) in [7, 11) is 0. The number of hydrogen-bond acceptors (Lipinski definition) is 4. The molecule has 1 aromatic carbocycles. The number of thiophene rings is 1. The molecule has 0 aliphatic carbocycles. The molecule has 0 aliphatic heterocycles. The number of nitrogens with one attached hydrogen (secondary N) is 1. The van der Waals surface area contributed by atoms with Gasteiger partial charge in [0.1, 0.15) is 5.00 Å².